The first-order valence-corrected chi connectivity index (χ1v) is 25.0. The average Bonchev–Trinajstić information content (AvgIpc) is 4.38. The molecule has 2 aliphatic heterocycles. The number of aryl methyl sites for hydroxylation is 1. The number of anilines is 2. The first kappa shape index (κ1) is 47.7. The number of aromatic nitrogens is 2. The van der Waals surface area contributed by atoms with Crippen molar-refractivity contribution in [3.05, 3.63) is 191 Å². The van der Waals surface area contributed by atoms with E-state index in [0.717, 1.165) is 69.9 Å². The Balaban J connectivity index is 0.000000174. The average molecular weight is 937 g/mol. The van der Waals surface area contributed by atoms with E-state index in [1.165, 1.54) is 22.3 Å². The Hall–Kier alpha value is -7.34. The lowest BCUT2D eigenvalue weighted by molar-refractivity contribution is -0.133. The van der Waals surface area contributed by atoms with E-state index in [9.17, 15) is 19.2 Å². The van der Waals surface area contributed by atoms with Crippen LogP contribution in [0.1, 0.15) is 81.0 Å². The first-order chi connectivity index (χ1) is 34.3. The summed E-state index contributed by atoms with van der Waals surface area (Å²) in [6, 6.07) is 48.7. The minimum atomic E-state index is -0.109. The van der Waals surface area contributed by atoms with E-state index in [1.54, 1.807) is 12.4 Å². The highest BCUT2D eigenvalue weighted by atomic mass is 16.2. The van der Waals surface area contributed by atoms with Gasteiger partial charge in [-0.05, 0) is 97.4 Å². The van der Waals surface area contributed by atoms with Gasteiger partial charge in [-0.1, -0.05) is 121 Å². The van der Waals surface area contributed by atoms with Crippen molar-refractivity contribution in [3.63, 3.8) is 0 Å². The van der Waals surface area contributed by atoms with Gasteiger partial charge in [0.1, 0.15) is 11.6 Å². The summed E-state index contributed by atoms with van der Waals surface area (Å²) in [5, 5.41) is 6.04. The monoisotopic (exact) mass is 937 g/mol. The van der Waals surface area contributed by atoms with Gasteiger partial charge in [0.25, 0.3) is 11.8 Å². The van der Waals surface area contributed by atoms with Gasteiger partial charge in [0.05, 0.1) is 11.1 Å². The summed E-state index contributed by atoms with van der Waals surface area (Å²) in [7, 11) is 0. The summed E-state index contributed by atoms with van der Waals surface area (Å²) < 4.78 is 0. The van der Waals surface area contributed by atoms with Crippen LogP contribution in [-0.4, -0.2) is 108 Å². The van der Waals surface area contributed by atoms with Gasteiger partial charge in [-0.2, -0.15) is 0 Å². The molecule has 2 aromatic heterocycles. The molecule has 0 spiro atoms. The van der Waals surface area contributed by atoms with E-state index in [-0.39, 0.29) is 41.5 Å². The number of nitrogens with zero attached hydrogens (tertiary/aromatic N) is 6. The second kappa shape index (κ2) is 22.8. The molecule has 4 aromatic carbocycles. The number of amides is 4. The van der Waals surface area contributed by atoms with Crippen molar-refractivity contribution in [2.24, 2.45) is 11.8 Å². The van der Waals surface area contributed by atoms with Crippen LogP contribution in [0.4, 0.5) is 11.6 Å². The summed E-state index contributed by atoms with van der Waals surface area (Å²) >= 11 is 0. The second-order valence-electron chi connectivity index (χ2n) is 19.0. The number of benzene rings is 4. The maximum Gasteiger partial charge on any atom is 0.253 e. The minimum absolute atomic E-state index is 0.0796. The third-order valence-corrected chi connectivity index (χ3v) is 14.1. The molecular formula is C58H64N8O4. The summed E-state index contributed by atoms with van der Waals surface area (Å²) in [5.41, 5.74) is 6.15. The van der Waals surface area contributed by atoms with Gasteiger partial charge in [-0.15, -0.1) is 0 Å². The number of carbonyl (C=O) groups is 4. The lowest BCUT2D eigenvalue weighted by Gasteiger charge is -2.35. The molecule has 360 valence electrons. The summed E-state index contributed by atoms with van der Waals surface area (Å²) in [5.74, 6) is 3.07. The number of hydrogen-bond acceptors (Lipinski definition) is 8. The van der Waals surface area contributed by atoms with Gasteiger partial charge in [-0.3, -0.25) is 19.2 Å². The SMILES string of the molecule is CC(CCc1ccccc1)NC(=O)c1ccc(N2CCN(C(=O)C3CC3c3ccccc3)CC2)nc1.O=C(NCCc1ccccc1)c1ccc(N2CCN(C(=O)C3CC3c3ccccc3)CC2)nc1. The predicted molar refractivity (Wildman–Crippen MR) is 275 cm³/mol. The second-order valence-corrected chi connectivity index (χ2v) is 19.0. The van der Waals surface area contributed by atoms with E-state index in [1.807, 2.05) is 114 Å². The van der Waals surface area contributed by atoms with Crippen LogP contribution in [-0.2, 0) is 22.4 Å². The molecule has 2 N–H and O–H groups in total. The molecule has 5 atom stereocenters. The zero-order chi connectivity index (χ0) is 48.2. The summed E-state index contributed by atoms with van der Waals surface area (Å²) in [4.78, 5) is 68.4. The molecule has 2 saturated heterocycles. The van der Waals surface area contributed by atoms with E-state index in [4.69, 9.17) is 0 Å². The standard InChI is InChI=1S/C30H34N4O2.C28H30N4O2/c1-22(12-13-23-8-4-2-5-9-23)32-29(35)25-14-15-28(31-21-25)33-16-18-34(19-17-33)30(36)27-20-26(27)24-10-6-3-7-11-24;33-27(29-14-13-21-7-3-1-4-8-21)23-11-12-26(30-20-23)31-15-17-32(18-16-31)28(34)25-19-24(25)22-9-5-2-6-10-22/h2-11,14-15,21-22,26-27H,12-13,16-20H2,1H3,(H,32,35);1-12,20,24-25H,13-19H2,(H,29,33). The van der Waals surface area contributed by atoms with Crippen molar-refractivity contribution >= 4 is 35.3 Å². The van der Waals surface area contributed by atoms with E-state index in [2.05, 4.69) is 78.9 Å². The van der Waals surface area contributed by atoms with Crippen LogP contribution in [0.5, 0.6) is 0 Å². The fraction of sp³-hybridized carbons (Fsp3) is 0.345. The Bertz CT molecular complexity index is 2640. The van der Waals surface area contributed by atoms with Gasteiger partial charge in [0, 0.05) is 89.2 Å². The molecule has 6 aromatic rings. The third-order valence-electron chi connectivity index (χ3n) is 14.1. The molecular weight excluding hydrogens is 873 g/mol. The molecule has 10 rings (SSSR count). The number of piperazine rings is 2. The van der Waals surface area contributed by atoms with Crippen LogP contribution in [0.15, 0.2) is 158 Å². The van der Waals surface area contributed by atoms with Crippen LogP contribution < -0.4 is 20.4 Å². The fourth-order valence-electron chi connectivity index (χ4n) is 9.74. The quantitative estimate of drug-likeness (QED) is 0.107. The summed E-state index contributed by atoms with van der Waals surface area (Å²) in [6.07, 6.45) is 7.82. The third kappa shape index (κ3) is 12.5. The minimum Gasteiger partial charge on any atom is -0.353 e. The molecule has 0 bridgehead atoms. The molecule has 2 aliphatic carbocycles. The Kier molecular flexibility index (Phi) is 15.6. The first-order valence-electron chi connectivity index (χ1n) is 25.0. The van der Waals surface area contributed by atoms with E-state index >= 15 is 0 Å². The number of pyridine rings is 2. The molecule has 12 nitrogen and oxygen atoms in total. The van der Waals surface area contributed by atoms with Gasteiger partial charge in [-0.25, -0.2) is 9.97 Å². The molecule has 4 fully saturated rings. The molecule has 4 amide bonds. The van der Waals surface area contributed by atoms with Gasteiger partial charge in [0.15, 0.2) is 0 Å². The maximum absolute atomic E-state index is 13.0. The van der Waals surface area contributed by atoms with Gasteiger partial charge in [0.2, 0.25) is 11.8 Å². The molecule has 5 unspecified atom stereocenters. The van der Waals surface area contributed by atoms with Crippen molar-refractivity contribution in [3.8, 4) is 0 Å². The Morgan fingerprint density at radius 1 is 0.514 bits per heavy atom. The maximum atomic E-state index is 13.0. The Morgan fingerprint density at radius 3 is 1.36 bits per heavy atom. The topological polar surface area (TPSA) is 131 Å². The largest absolute Gasteiger partial charge is 0.353 e. The zero-order valence-corrected chi connectivity index (χ0v) is 40.1. The Morgan fingerprint density at radius 2 is 0.929 bits per heavy atom. The summed E-state index contributed by atoms with van der Waals surface area (Å²) in [6.45, 7) is 8.47. The van der Waals surface area contributed by atoms with Crippen LogP contribution in [0.2, 0.25) is 0 Å². The van der Waals surface area contributed by atoms with Gasteiger partial charge < -0.3 is 30.2 Å². The number of rotatable bonds is 15. The van der Waals surface area contributed by atoms with Gasteiger partial charge >= 0.3 is 0 Å². The highest BCUT2D eigenvalue weighted by Gasteiger charge is 2.47. The van der Waals surface area contributed by atoms with Crippen molar-refractivity contribution in [1.82, 2.24) is 30.4 Å². The fourth-order valence-corrected chi connectivity index (χ4v) is 9.74. The number of hydrogen-bond donors (Lipinski definition) is 2. The van der Waals surface area contributed by atoms with Crippen molar-refractivity contribution < 1.29 is 19.2 Å². The predicted octanol–water partition coefficient (Wildman–Crippen LogP) is 7.79. The lowest BCUT2D eigenvalue weighted by Crippen LogP contribution is -2.49. The molecule has 2 saturated carbocycles. The smallest absolute Gasteiger partial charge is 0.253 e. The van der Waals surface area contributed by atoms with Crippen LogP contribution >= 0.6 is 0 Å². The molecule has 0 radical (unpaired) electrons. The van der Waals surface area contributed by atoms with Crippen LogP contribution in [0.3, 0.4) is 0 Å². The van der Waals surface area contributed by atoms with Crippen molar-refractivity contribution in [1.29, 1.82) is 0 Å². The number of nitrogens with one attached hydrogen (secondary N) is 2. The molecule has 12 heteroatoms. The lowest BCUT2D eigenvalue weighted by atomic mass is 10.1. The van der Waals surface area contributed by atoms with Crippen LogP contribution in [0.25, 0.3) is 0 Å². The number of carbonyl (C=O) groups excluding carboxylic acids is 4. The van der Waals surface area contributed by atoms with E-state index in [0.29, 0.717) is 55.7 Å². The molecule has 4 heterocycles. The highest BCUT2D eigenvalue weighted by Crippen LogP contribution is 2.49. The van der Waals surface area contributed by atoms with Crippen molar-refractivity contribution in [2.45, 2.75) is 56.9 Å². The normalized spacial score (nSPS) is 19.8. The highest BCUT2D eigenvalue weighted by molar-refractivity contribution is 5.94. The van der Waals surface area contributed by atoms with Crippen molar-refractivity contribution in [2.75, 3.05) is 68.7 Å². The molecule has 70 heavy (non-hydrogen) atoms. The molecule has 4 aliphatic rings. The zero-order valence-electron chi connectivity index (χ0n) is 40.1. The van der Waals surface area contributed by atoms with E-state index < -0.39 is 0 Å². The Labute approximate surface area is 412 Å². The van der Waals surface area contributed by atoms with Crippen LogP contribution in [0, 0.1) is 11.8 Å².